The Morgan fingerprint density at radius 2 is 1.84 bits per heavy atom. The van der Waals surface area contributed by atoms with Gasteiger partial charge < -0.3 is 10.6 Å². The normalized spacial score (nSPS) is 10.9. The molecule has 0 aromatic heterocycles. The Balaban J connectivity index is 2.27. The van der Waals surface area contributed by atoms with Gasteiger partial charge in [0.25, 0.3) is 0 Å². The number of anilines is 1. The van der Waals surface area contributed by atoms with Gasteiger partial charge in [0.1, 0.15) is 0 Å². The Kier molecular flexibility index (Phi) is 5.13. The zero-order valence-corrected chi connectivity index (χ0v) is 14.0. The highest BCUT2D eigenvalue weighted by Crippen LogP contribution is 2.35. The lowest BCUT2D eigenvalue weighted by Crippen LogP contribution is -2.11. The predicted molar refractivity (Wildman–Crippen MR) is 91.5 cm³/mol. The number of halogens is 1. The van der Waals surface area contributed by atoms with Gasteiger partial charge in [-0.15, -0.1) is 0 Å². The van der Waals surface area contributed by atoms with Crippen LogP contribution in [-0.2, 0) is 6.54 Å². The second-order valence-corrected chi connectivity index (χ2v) is 6.96. The number of benzene rings is 2. The monoisotopic (exact) mass is 383 g/mol. The Labute approximate surface area is 132 Å². The van der Waals surface area contributed by atoms with E-state index in [4.69, 9.17) is 5.73 Å². The predicted octanol–water partition coefficient (Wildman–Crippen LogP) is 4.09. The average Bonchev–Trinajstić information content (AvgIpc) is 2.34. The fourth-order valence-electron chi connectivity index (χ4n) is 1.81. The van der Waals surface area contributed by atoms with Gasteiger partial charge in [0.2, 0.25) is 0 Å². The van der Waals surface area contributed by atoms with Crippen LogP contribution in [0.5, 0.6) is 0 Å². The van der Waals surface area contributed by atoms with Crippen molar-refractivity contribution in [2.75, 3.05) is 19.8 Å². The van der Waals surface area contributed by atoms with Crippen LogP contribution in [0.4, 0.5) is 5.69 Å². The van der Waals surface area contributed by atoms with Crippen LogP contribution in [0.25, 0.3) is 0 Å². The van der Waals surface area contributed by atoms with Gasteiger partial charge in [-0.25, -0.2) is 0 Å². The molecular formula is C15H17IN2S. The van der Waals surface area contributed by atoms with E-state index in [9.17, 15) is 0 Å². The number of nitrogens with zero attached hydrogens (tertiary/aromatic N) is 1. The second-order valence-electron chi connectivity index (χ2n) is 4.63. The molecule has 0 aliphatic rings. The lowest BCUT2D eigenvalue weighted by Gasteiger charge is -2.14. The van der Waals surface area contributed by atoms with Gasteiger partial charge >= 0.3 is 0 Å². The minimum absolute atomic E-state index is 0.844. The number of hydrogen-bond donors (Lipinski definition) is 1. The number of hydrogen-bond acceptors (Lipinski definition) is 3. The third kappa shape index (κ3) is 4.12. The van der Waals surface area contributed by atoms with E-state index >= 15 is 0 Å². The molecule has 0 saturated carbocycles. The summed E-state index contributed by atoms with van der Waals surface area (Å²) in [4.78, 5) is 4.56. The highest BCUT2D eigenvalue weighted by Gasteiger charge is 2.07. The molecule has 2 aromatic rings. The molecule has 0 fully saturated rings. The standard InChI is InChI=1S/C15H17IN2S/c1-18(2)10-11-5-3-4-6-14(11)19-15-8-7-12(16)9-13(15)17/h3-9H,10,17H2,1-2H3/i1-1. The quantitative estimate of drug-likeness (QED) is 0.637. The number of nitrogens with two attached hydrogens (primary N) is 1. The van der Waals surface area contributed by atoms with E-state index in [-0.39, 0.29) is 0 Å². The molecule has 0 atom stereocenters. The SMILES string of the molecule is CN([11CH3])Cc1ccccc1Sc1ccc(I)cc1N. The van der Waals surface area contributed by atoms with E-state index in [2.05, 4.69) is 78.0 Å². The van der Waals surface area contributed by atoms with Crippen LogP contribution in [-0.4, -0.2) is 19.0 Å². The Morgan fingerprint density at radius 1 is 1.11 bits per heavy atom. The highest BCUT2D eigenvalue weighted by molar-refractivity contribution is 14.1. The van der Waals surface area contributed by atoms with E-state index < -0.39 is 0 Å². The Bertz CT molecular complexity index is 570. The molecule has 2 rings (SSSR count). The fourth-order valence-corrected chi connectivity index (χ4v) is 3.28. The third-order valence-electron chi connectivity index (χ3n) is 2.65. The van der Waals surface area contributed by atoms with Crippen LogP contribution < -0.4 is 5.73 Å². The first-order valence-electron chi connectivity index (χ1n) is 6.02. The first-order valence-corrected chi connectivity index (χ1v) is 7.91. The van der Waals surface area contributed by atoms with Crippen molar-refractivity contribution in [3.05, 3.63) is 51.6 Å². The van der Waals surface area contributed by atoms with Gasteiger partial charge in [-0.05, 0) is 66.5 Å². The van der Waals surface area contributed by atoms with E-state index in [1.54, 1.807) is 11.8 Å². The molecule has 4 heteroatoms. The molecule has 100 valence electrons. The zero-order valence-electron chi connectivity index (χ0n) is 11.1. The molecule has 0 saturated heterocycles. The summed E-state index contributed by atoms with van der Waals surface area (Å²) >= 11 is 4.02. The van der Waals surface area contributed by atoms with Gasteiger partial charge in [0.05, 0.1) is 0 Å². The molecule has 0 heterocycles. The van der Waals surface area contributed by atoms with Gasteiger partial charge in [-0.1, -0.05) is 30.0 Å². The van der Waals surface area contributed by atoms with E-state index in [0.717, 1.165) is 17.1 Å². The van der Waals surface area contributed by atoms with Crippen LogP contribution in [0.1, 0.15) is 5.56 Å². The van der Waals surface area contributed by atoms with Crippen molar-refractivity contribution >= 4 is 40.0 Å². The molecule has 0 aliphatic carbocycles. The number of rotatable bonds is 4. The summed E-state index contributed by atoms with van der Waals surface area (Å²) in [7, 11) is 4.17. The van der Waals surface area contributed by atoms with Crippen LogP contribution in [0, 0.1) is 3.57 Å². The fraction of sp³-hybridized carbons (Fsp3) is 0.200. The maximum absolute atomic E-state index is 6.08. The van der Waals surface area contributed by atoms with Gasteiger partial charge in [-0.2, -0.15) is 0 Å². The van der Waals surface area contributed by atoms with Crippen molar-refractivity contribution in [1.29, 1.82) is 0 Å². The van der Waals surface area contributed by atoms with Gasteiger partial charge in [0, 0.05) is 25.6 Å². The maximum atomic E-state index is 6.08. The maximum Gasteiger partial charge on any atom is 0.0466 e. The van der Waals surface area contributed by atoms with Crippen molar-refractivity contribution in [3.8, 4) is 0 Å². The summed E-state index contributed by atoms with van der Waals surface area (Å²) in [6, 6.07) is 14.7. The molecule has 19 heavy (non-hydrogen) atoms. The lowest BCUT2D eigenvalue weighted by atomic mass is 10.2. The van der Waals surface area contributed by atoms with Crippen molar-refractivity contribution in [2.45, 2.75) is 16.3 Å². The average molecular weight is 383 g/mol. The van der Waals surface area contributed by atoms with E-state index in [1.165, 1.54) is 14.0 Å². The topological polar surface area (TPSA) is 29.3 Å². The smallest absolute Gasteiger partial charge is 0.0466 e. The molecular weight excluding hydrogens is 366 g/mol. The van der Waals surface area contributed by atoms with Crippen LogP contribution in [0.3, 0.4) is 0 Å². The molecule has 0 bridgehead atoms. The summed E-state index contributed by atoms with van der Waals surface area (Å²) < 4.78 is 1.17. The van der Waals surface area contributed by atoms with Crippen molar-refractivity contribution in [2.24, 2.45) is 0 Å². The molecule has 0 spiro atoms. The van der Waals surface area contributed by atoms with Crippen LogP contribution >= 0.6 is 34.4 Å². The molecule has 0 aliphatic heterocycles. The Hall–Kier alpha value is -0.720. The van der Waals surface area contributed by atoms with Crippen molar-refractivity contribution < 1.29 is 0 Å². The first kappa shape index (κ1) is 14.7. The zero-order chi connectivity index (χ0) is 13.8. The first-order chi connectivity index (χ1) is 9.06. The second kappa shape index (κ2) is 6.63. The molecule has 0 amide bonds. The third-order valence-corrected chi connectivity index (χ3v) is 4.53. The minimum Gasteiger partial charge on any atom is -0.398 e. The molecule has 2 aromatic carbocycles. The van der Waals surface area contributed by atoms with Gasteiger partial charge in [0.15, 0.2) is 0 Å². The largest absolute Gasteiger partial charge is 0.398 e. The lowest BCUT2D eigenvalue weighted by molar-refractivity contribution is 0.399. The molecule has 0 radical (unpaired) electrons. The summed E-state index contributed by atoms with van der Waals surface area (Å²) in [5.41, 5.74) is 8.26. The van der Waals surface area contributed by atoms with Crippen molar-refractivity contribution in [3.63, 3.8) is 0 Å². The highest BCUT2D eigenvalue weighted by atomic mass is 127. The summed E-state index contributed by atoms with van der Waals surface area (Å²) in [5.74, 6) is 0. The molecule has 2 N–H and O–H groups in total. The summed E-state index contributed by atoms with van der Waals surface area (Å²) in [6.07, 6.45) is 0. The Morgan fingerprint density at radius 3 is 2.53 bits per heavy atom. The molecule has 0 unspecified atom stereocenters. The van der Waals surface area contributed by atoms with Crippen LogP contribution in [0.2, 0.25) is 0 Å². The summed E-state index contributed by atoms with van der Waals surface area (Å²) in [5, 5.41) is 0. The minimum atomic E-state index is 0.844. The van der Waals surface area contributed by atoms with E-state index in [1.807, 2.05) is 6.07 Å². The van der Waals surface area contributed by atoms with Crippen molar-refractivity contribution in [1.82, 2.24) is 4.90 Å². The van der Waals surface area contributed by atoms with Gasteiger partial charge in [-0.3, -0.25) is 0 Å². The molecule has 2 nitrogen and oxygen atoms in total. The van der Waals surface area contributed by atoms with Crippen LogP contribution in [0.15, 0.2) is 52.3 Å². The van der Waals surface area contributed by atoms with E-state index in [0.29, 0.717) is 0 Å². The summed E-state index contributed by atoms with van der Waals surface area (Å²) in [6.45, 7) is 0.938. The number of nitrogen functional groups attached to an aromatic ring is 1.